The summed E-state index contributed by atoms with van der Waals surface area (Å²) in [4.78, 5) is 16.4. The van der Waals surface area contributed by atoms with E-state index in [1.54, 1.807) is 0 Å². The topological polar surface area (TPSA) is 58.8 Å². The SMILES string of the molecule is N[C@H]1CN(CC(=O)N2CCOCC2)C[C@@H]1c1ccccc1. The normalized spacial score (nSPS) is 27.0. The molecular formula is C16H23N3O2. The maximum Gasteiger partial charge on any atom is 0.236 e. The van der Waals surface area contributed by atoms with Crippen LogP contribution < -0.4 is 5.73 Å². The number of amides is 1. The fraction of sp³-hybridized carbons (Fsp3) is 0.562. The van der Waals surface area contributed by atoms with Crippen LogP contribution in [0.2, 0.25) is 0 Å². The molecule has 0 spiro atoms. The molecule has 0 radical (unpaired) electrons. The van der Waals surface area contributed by atoms with E-state index in [1.165, 1.54) is 5.56 Å². The van der Waals surface area contributed by atoms with Gasteiger partial charge in [0.25, 0.3) is 0 Å². The average Bonchev–Trinajstić information content (AvgIpc) is 2.89. The molecule has 21 heavy (non-hydrogen) atoms. The highest BCUT2D eigenvalue weighted by atomic mass is 16.5. The van der Waals surface area contributed by atoms with Crippen molar-refractivity contribution in [2.45, 2.75) is 12.0 Å². The van der Waals surface area contributed by atoms with Crippen LogP contribution in [0.1, 0.15) is 11.5 Å². The van der Waals surface area contributed by atoms with Crippen LogP contribution in [0.4, 0.5) is 0 Å². The summed E-state index contributed by atoms with van der Waals surface area (Å²) in [6, 6.07) is 10.5. The van der Waals surface area contributed by atoms with Gasteiger partial charge >= 0.3 is 0 Å². The zero-order chi connectivity index (χ0) is 14.7. The van der Waals surface area contributed by atoms with Crippen LogP contribution >= 0.6 is 0 Å². The smallest absolute Gasteiger partial charge is 0.236 e. The molecule has 1 amide bonds. The second kappa shape index (κ2) is 6.56. The maximum absolute atomic E-state index is 12.3. The van der Waals surface area contributed by atoms with E-state index < -0.39 is 0 Å². The molecule has 5 heteroatoms. The standard InChI is InChI=1S/C16H23N3O2/c17-15-11-18(10-14(15)13-4-2-1-3-5-13)12-16(20)19-6-8-21-9-7-19/h1-5,14-15H,6-12,17H2/t14-,15+/m1/s1. The fourth-order valence-electron chi connectivity index (χ4n) is 3.20. The van der Waals surface area contributed by atoms with Crippen molar-refractivity contribution in [2.24, 2.45) is 5.73 Å². The van der Waals surface area contributed by atoms with Crippen molar-refractivity contribution in [1.82, 2.24) is 9.80 Å². The molecule has 2 aliphatic rings. The number of likely N-dealkylation sites (tertiary alicyclic amines) is 1. The third-order valence-electron chi connectivity index (χ3n) is 4.39. The fourth-order valence-corrected chi connectivity index (χ4v) is 3.20. The molecule has 1 aromatic rings. The first-order chi connectivity index (χ1) is 10.2. The van der Waals surface area contributed by atoms with Gasteiger partial charge < -0.3 is 15.4 Å². The number of hydrogen-bond acceptors (Lipinski definition) is 4. The van der Waals surface area contributed by atoms with Crippen molar-refractivity contribution in [3.8, 4) is 0 Å². The van der Waals surface area contributed by atoms with Gasteiger partial charge in [-0.15, -0.1) is 0 Å². The summed E-state index contributed by atoms with van der Waals surface area (Å²) in [7, 11) is 0. The number of ether oxygens (including phenoxy) is 1. The van der Waals surface area contributed by atoms with Crippen molar-refractivity contribution in [3.63, 3.8) is 0 Å². The number of carbonyl (C=O) groups is 1. The van der Waals surface area contributed by atoms with Crippen molar-refractivity contribution < 1.29 is 9.53 Å². The number of nitrogens with zero attached hydrogens (tertiary/aromatic N) is 2. The van der Waals surface area contributed by atoms with Crippen LogP contribution in [-0.2, 0) is 9.53 Å². The Morgan fingerprint density at radius 2 is 1.90 bits per heavy atom. The van der Waals surface area contributed by atoms with Crippen molar-refractivity contribution >= 4 is 5.91 Å². The van der Waals surface area contributed by atoms with Gasteiger partial charge in [-0.25, -0.2) is 0 Å². The monoisotopic (exact) mass is 289 g/mol. The summed E-state index contributed by atoms with van der Waals surface area (Å²) in [6.07, 6.45) is 0. The Morgan fingerprint density at radius 3 is 2.62 bits per heavy atom. The highest BCUT2D eigenvalue weighted by Crippen LogP contribution is 2.26. The molecule has 0 aliphatic carbocycles. The van der Waals surface area contributed by atoms with Crippen molar-refractivity contribution in [3.05, 3.63) is 35.9 Å². The summed E-state index contributed by atoms with van der Waals surface area (Å²) < 4.78 is 5.28. The number of rotatable bonds is 3. The minimum absolute atomic E-state index is 0.102. The Balaban J connectivity index is 1.57. The summed E-state index contributed by atoms with van der Waals surface area (Å²) in [6.45, 7) is 4.84. The number of hydrogen-bond donors (Lipinski definition) is 1. The Bertz CT molecular complexity index is 474. The third kappa shape index (κ3) is 3.43. The van der Waals surface area contributed by atoms with Crippen LogP contribution in [0.25, 0.3) is 0 Å². The molecule has 2 atom stereocenters. The highest BCUT2D eigenvalue weighted by molar-refractivity contribution is 5.78. The van der Waals surface area contributed by atoms with Gasteiger partial charge in [0.05, 0.1) is 19.8 Å². The first-order valence-electron chi connectivity index (χ1n) is 7.62. The molecular weight excluding hydrogens is 266 g/mol. The van der Waals surface area contributed by atoms with Crippen molar-refractivity contribution in [1.29, 1.82) is 0 Å². The van der Waals surface area contributed by atoms with Crippen LogP contribution in [0.3, 0.4) is 0 Å². The zero-order valence-electron chi connectivity index (χ0n) is 12.3. The van der Waals surface area contributed by atoms with Crippen LogP contribution in [-0.4, -0.2) is 67.7 Å². The molecule has 1 aromatic carbocycles. The van der Waals surface area contributed by atoms with E-state index in [2.05, 4.69) is 17.0 Å². The van der Waals surface area contributed by atoms with E-state index in [-0.39, 0.29) is 11.9 Å². The molecule has 2 N–H and O–H groups in total. The first kappa shape index (κ1) is 14.5. The van der Waals surface area contributed by atoms with E-state index in [0.717, 1.165) is 13.1 Å². The summed E-state index contributed by atoms with van der Waals surface area (Å²) in [5, 5.41) is 0. The molecule has 114 valence electrons. The third-order valence-corrected chi connectivity index (χ3v) is 4.39. The predicted molar refractivity (Wildman–Crippen MR) is 81.0 cm³/mol. The Hall–Kier alpha value is -1.43. The van der Waals surface area contributed by atoms with Crippen molar-refractivity contribution in [2.75, 3.05) is 45.9 Å². The summed E-state index contributed by atoms with van der Waals surface area (Å²) in [5.41, 5.74) is 7.54. The summed E-state index contributed by atoms with van der Waals surface area (Å²) in [5.74, 6) is 0.517. The largest absolute Gasteiger partial charge is 0.378 e. The second-order valence-corrected chi connectivity index (χ2v) is 5.87. The molecule has 2 fully saturated rings. The molecule has 2 saturated heterocycles. The molecule has 2 aliphatic heterocycles. The summed E-state index contributed by atoms with van der Waals surface area (Å²) >= 11 is 0. The lowest BCUT2D eigenvalue weighted by molar-refractivity contribution is -0.136. The average molecular weight is 289 g/mol. The molecule has 2 heterocycles. The van der Waals surface area contributed by atoms with Gasteiger partial charge in [-0.3, -0.25) is 9.69 Å². The van der Waals surface area contributed by atoms with Gasteiger partial charge in [0.2, 0.25) is 5.91 Å². The van der Waals surface area contributed by atoms with Gasteiger partial charge in [0.15, 0.2) is 0 Å². The van der Waals surface area contributed by atoms with E-state index in [0.29, 0.717) is 38.8 Å². The number of benzene rings is 1. The van der Waals surface area contributed by atoms with Crippen LogP contribution in [0.15, 0.2) is 30.3 Å². The molecule has 3 rings (SSSR count). The Kier molecular flexibility index (Phi) is 4.53. The number of carbonyl (C=O) groups excluding carboxylic acids is 1. The van der Waals surface area contributed by atoms with E-state index in [4.69, 9.17) is 10.5 Å². The predicted octanol–water partition coefficient (Wildman–Crippen LogP) is 0.272. The number of nitrogens with two attached hydrogens (primary N) is 1. The van der Waals surface area contributed by atoms with Gasteiger partial charge in [-0.1, -0.05) is 30.3 Å². The first-order valence-corrected chi connectivity index (χ1v) is 7.62. The minimum atomic E-state index is 0.102. The van der Waals surface area contributed by atoms with Crippen LogP contribution in [0.5, 0.6) is 0 Å². The van der Waals surface area contributed by atoms with E-state index in [1.807, 2.05) is 23.1 Å². The van der Waals surface area contributed by atoms with Crippen LogP contribution in [0, 0.1) is 0 Å². The lowest BCUT2D eigenvalue weighted by atomic mass is 9.95. The molecule has 0 unspecified atom stereocenters. The van der Waals surface area contributed by atoms with E-state index in [9.17, 15) is 4.79 Å². The number of morpholine rings is 1. The van der Waals surface area contributed by atoms with Gasteiger partial charge in [-0.05, 0) is 5.56 Å². The van der Waals surface area contributed by atoms with Gasteiger partial charge in [-0.2, -0.15) is 0 Å². The van der Waals surface area contributed by atoms with E-state index >= 15 is 0 Å². The molecule has 5 nitrogen and oxygen atoms in total. The molecule has 0 aromatic heterocycles. The maximum atomic E-state index is 12.3. The quantitative estimate of drug-likeness (QED) is 0.868. The molecule has 0 bridgehead atoms. The lowest BCUT2D eigenvalue weighted by Gasteiger charge is -2.28. The van der Waals surface area contributed by atoms with Gasteiger partial charge in [0, 0.05) is 38.1 Å². The zero-order valence-corrected chi connectivity index (χ0v) is 12.3. The van der Waals surface area contributed by atoms with Gasteiger partial charge in [0.1, 0.15) is 0 Å². The lowest BCUT2D eigenvalue weighted by Crippen LogP contribution is -2.45. The minimum Gasteiger partial charge on any atom is -0.378 e. The second-order valence-electron chi connectivity index (χ2n) is 5.87. The highest BCUT2D eigenvalue weighted by Gasteiger charge is 2.32. The Labute approximate surface area is 125 Å². The molecule has 0 saturated carbocycles. The Morgan fingerprint density at radius 1 is 1.19 bits per heavy atom.